The molecule has 3 amide bonds. The minimum Gasteiger partial charge on any atom is -0.343 e. The highest BCUT2D eigenvalue weighted by Crippen LogP contribution is 2.29. The van der Waals surface area contributed by atoms with E-state index in [2.05, 4.69) is 10.6 Å². The number of anilines is 1. The van der Waals surface area contributed by atoms with Gasteiger partial charge in [0.15, 0.2) is 0 Å². The van der Waals surface area contributed by atoms with Gasteiger partial charge < -0.3 is 15.5 Å². The maximum Gasteiger partial charge on any atom is 0.251 e. The summed E-state index contributed by atoms with van der Waals surface area (Å²) in [5.41, 5.74) is 1.60. The van der Waals surface area contributed by atoms with Crippen LogP contribution in [0.1, 0.15) is 15.9 Å². The van der Waals surface area contributed by atoms with Crippen LogP contribution in [0.2, 0.25) is 10.0 Å². The number of nitrogens with one attached hydrogen (secondary N) is 2. The zero-order valence-electron chi connectivity index (χ0n) is 14.9. The second-order valence-corrected chi connectivity index (χ2v) is 6.71. The highest BCUT2D eigenvalue weighted by molar-refractivity contribution is 6.39. The van der Waals surface area contributed by atoms with E-state index in [1.807, 2.05) is 19.1 Å². The Labute approximate surface area is 167 Å². The molecular weight excluding hydrogens is 389 g/mol. The Bertz CT molecular complexity index is 851. The first-order valence-corrected chi connectivity index (χ1v) is 8.87. The molecule has 6 nitrogen and oxygen atoms in total. The molecule has 0 aliphatic heterocycles. The fourth-order valence-corrected chi connectivity index (χ4v) is 2.81. The van der Waals surface area contributed by atoms with Gasteiger partial charge in [-0.3, -0.25) is 14.4 Å². The summed E-state index contributed by atoms with van der Waals surface area (Å²) in [6, 6.07) is 11.9. The molecule has 2 N–H and O–H groups in total. The van der Waals surface area contributed by atoms with Crippen molar-refractivity contribution < 1.29 is 14.4 Å². The number of para-hydroxylation sites is 1. The maximum absolute atomic E-state index is 12.2. The number of carbonyl (C=O) groups is 3. The van der Waals surface area contributed by atoms with Crippen molar-refractivity contribution in [3.8, 4) is 0 Å². The van der Waals surface area contributed by atoms with E-state index in [1.54, 1.807) is 30.3 Å². The van der Waals surface area contributed by atoms with Crippen molar-refractivity contribution in [2.45, 2.75) is 6.92 Å². The summed E-state index contributed by atoms with van der Waals surface area (Å²) in [7, 11) is 1.47. The first-order chi connectivity index (χ1) is 12.8. The normalized spacial score (nSPS) is 10.2. The summed E-state index contributed by atoms with van der Waals surface area (Å²) < 4.78 is 0. The van der Waals surface area contributed by atoms with Crippen molar-refractivity contribution in [2.24, 2.45) is 0 Å². The number of halogens is 2. The van der Waals surface area contributed by atoms with Gasteiger partial charge in [-0.05, 0) is 30.7 Å². The van der Waals surface area contributed by atoms with E-state index in [0.29, 0.717) is 21.3 Å². The molecule has 8 heteroatoms. The van der Waals surface area contributed by atoms with Gasteiger partial charge in [-0.15, -0.1) is 0 Å². The molecule has 2 aromatic rings. The Hall–Kier alpha value is -2.57. The van der Waals surface area contributed by atoms with Crippen molar-refractivity contribution in [3.63, 3.8) is 0 Å². The summed E-state index contributed by atoms with van der Waals surface area (Å²) in [6.07, 6.45) is 0. The summed E-state index contributed by atoms with van der Waals surface area (Å²) in [4.78, 5) is 37.6. The van der Waals surface area contributed by atoms with Crippen LogP contribution in [0.25, 0.3) is 0 Å². The molecule has 0 aromatic heterocycles. The number of nitrogens with zero attached hydrogens (tertiary/aromatic N) is 1. The molecule has 0 atom stereocenters. The van der Waals surface area contributed by atoms with Crippen LogP contribution in [0.15, 0.2) is 42.5 Å². The first kappa shape index (κ1) is 20.7. The Morgan fingerprint density at radius 2 is 1.63 bits per heavy atom. The summed E-state index contributed by atoms with van der Waals surface area (Å²) in [5, 5.41) is 5.74. The van der Waals surface area contributed by atoms with Crippen LogP contribution in [-0.4, -0.2) is 42.8 Å². The highest BCUT2D eigenvalue weighted by Gasteiger charge is 2.16. The third kappa shape index (κ3) is 5.70. The maximum atomic E-state index is 12.2. The predicted molar refractivity (Wildman–Crippen MR) is 106 cm³/mol. The number of benzene rings is 2. The van der Waals surface area contributed by atoms with E-state index < -0.39 is 11.8 Å². The average molecular weight is 408 g/mol. The second kappa shape index (κ2) is 9.39. The Balaban J connectivity index is 1.87. The van der Waals surface area contributed by atoms with Crippen LogP contribution >= 0.6 is 23.2 Å². The van der Waals surface area contributed by atoms with Gasteiger partial charge in [0.25, 0.3) is 5.91 Å². The number of rotatable bonds is 6. The van der Waals surface area contributed by atoms with E-state index in [-0.39, 0.29) is 19.0 Å². The summed E-state index contributed by atoms with van der Waals surface area (Å²) in [6.45, 7) is 1.39. The topological polar surface area (TPSA) is 78.5 Å². The van der Waals surface area contributed by atoms with Gasteiger partial charge in [0.05, 0.1) is 28.8 Å². The first-order valence-electron chi connectivity index (χ1n) is 8.11. The fourth-order valence-electron chi connectivity index (χ4n) is 2.31. The molecule has 0 saturated carbocycles. The van der Waals surface area contributed by atoms with Crippen LogP contribution in [0.5, 0.6) is 0 Å². The number of hydrogen-bond acceptors (Lipinski definition) is 3. The largest absolute Gasteiger partial charge is 0.343 e. The molecule has 0 unspecified atom stereocenters. The van der Waals surface area contributed by atoms with Crippen molar-refractivity contribution in [3.05, 3.63) is 63.6 Å². The molecule has 0 spiro atoms. The van der Waals surface area contributed by atoms with Crippen molar-refractivity contribution >= 4 is 46.6 Å². The van der Waals surface area contributed by atoms with E-state index >= 15 is 0 Å². The third-order valence-electron chi connectivity index (χ3n) is 3.82. The van der Waals surface area contributed by atoms with E-state index in [9.17, 15) is 14.4 Å². The standard InChI is InChI=1S/C19H19Cl2N3O3/c1-12-6-3-4-7-13(12)19(27)22-10-17(26)24(2)11-16(25)23-18-14(20)8-5-9-15(18)21/h3-9H,10-11H2,1-2H3,(H,22,27)(H,23,25). The predicted octanol–water partition coefficient (Wildman–Crippen LogP) is 3.13. The van der Waals surface area contributed by atoms with Crippen molar-refractivity contribution in [1.82, 2.24) is 10.2 Å². The lowest BCUT2D eigenvalue weighted by Crippen LogP contribution is -2.41. The van der Waals surface area contributed by atoms with Gasteiger partial charge in [0.1, 0.15) is 0 Å². The highest BCUT2D eigenvalue weighted by atomic mass is 35.5. The molecular formula is C19H19Cl2N3O3. The van der Waals surface area contributed by atoms with Crippen LogP contribution in [0, 0.1) is 6.92 Å². The van der Waals surface area contributed by atoms with Crippen LogP contribution in [0.4, 0.5) is 5.69 Å². The van der Waals surface area contributed by atoms with Crippen LogP contribution < -0.4 is 10.6 Å². The van der Waals surface area contributed by atoms with E-state index in [1.165, 1.54) is 11.9 Å². The molecule has 27 heavy (non-hydrogen) atoms. The van der Waals surface area contributed by atoms with Gasteiger partial charge in [-0.2, -0.15) is 0 Å². The lowest BCUT2D eigenvalue weighted by Gasteiger charge is -2.18. The van der Waals surface area contributed by atoms with Gasteiger partial charge in [0, 0.05) is 12.6 Å². The monoisotopic (exact) mass is 407 g/mol. The molecule has 2 aromatic carbocycles. The molecule has 142 valence electrons. The zero-order chi connectivity index (χ0) is 20.0. The van der Waals surface area contributed by atoms with Crippen molar-refractivity contribution in [1.29, 1.82) is 0 Å². The van der Waals surface area contributed by atoms with Crippen molar-refractivity contribution in [2.75, 3.05) is 25.5 Å². The second-order valence-electron chi connectivity index (χ2n) is 5.89. The Kier molecular flexibility index (Phi) is 7.21. The van der Waals surface area contributed by atoms with Crippen LogP contribution in [-0.2, 0) is 9.59 Å². The Morgan fingerprint density at radius 1 is 1.00 bits per heavy atom. The summed E-state index contributed by atoms with van der Waals surface area (Å²) in [5.74, 6) is -1.20. The average Bonchev–Trinajstić information content (AvgIpc) is 2.63. The molecule has 0 heterocycles. The smallest absolute Gasteiger partial charge is 0.251 e. The van der Waals surface area contributed by atoms with Gasteiger partial charge in [-0.25, -0.2) is 0 Å². The molecule has 0 bridgehead atoms. The molecule has 2 rings (SSSR count). The minimum atomic E-state index is -0.453. The van der Waals surface area contributed by atoms with Gasteiger partial charge in [0.2, 0.25) is 11.8 Å². The number of aryl methyl sites for hydroxylation is 1. The Morgan fingerprint density at radius 3 is 2.26 bits per heavy atom. The summed E-state index contributed by atoms with van der Waals surface area (Å²) >= 11 is 12.0. The SMILES string of the molecule is Cc1ccccc1C(=O)NCC(=O)N(C)CC(=O)Nc1c(Cl)cccc1Cl. The number of carbonyl (C=O) groups excluding carboxylic acids is 3. The number of hydrogen-bond donors (Lipinski definition) is 2. The molecule has 0 saturated heterocycles. The van der Waals surface area contributed by atoms with E-state index in [4.69, 9.17) is 23.2 Å². The van der Waals surface area contributed by atoms with Crippen LogP contribution in [0.3, 0.4) is 0 Å². The third-order valence-corrected chi connectivity index (χ3v) is 4.45. The molecule has 0 aliphatic rings. The lowest BCUT2D eigenvalue weighted by molar-refractivity contribution is -0.132. The van der Waals surface area contributed by atoms with E-state index in [0.717, 1.165) is 5.56 Å². The van der Waals surface area contributed by atoms with Gasteiger partial charge >= 0.3 is 0 Å². The fraction of sp³-hybridized carbons (Fsp3) is 0.211. The minimum absolute atomic E-state index is 0.208. The molecule has 0 radical (unpaired) electrons. The van der Waals surface area contributed by atoms with Gasteiger partial charge in [-0.1, -0.05) is 47.5 Å². The molecule has 0 aliphatic carbocycles. The number of likely N-dealkylation sites (N-methyl/N-ethyl adjacent to an activating group) is 1. The lowest BCUT2D eigenvalue weighted by atomic mass is 10.1. The zero-order valence-corrected chi connectivity index (χ0v) is 16.4. The quantitative estimate of drug-likeness (QED) is 0.771. The number of amides is 3. The molecule has 0 fully saturated rings.